The van der Waals surface area contributed by atoms with Gasteiger partial charge in [0.2, 0.25) is 6.29 Å². The Morgan fingerprint density at radius 3 is 2.65 bits per heavy atom. The van der Waals surface area contributed by atoms with Crippen LogP contribution in [-0.2, 0) is 27.5 Å². The number of carbonyl (C=O) groups is 1. The molecule has 1 saturated carbocycles. The van der Waals surface area contributed by atoms with Crippen LogP contribution < -0.4 is 5.32 Å². The molecule has 0 unspecified atom stereocenters. The minimum absolute atomic E-state index is 0.0247. The minimum atomic E-state index is -0.449. The lowest BCUT2D eigenvalue weighted by molar-refractivity contribution is -0.156. The normalized spacial score (nSPS) is 22.5. The summed E-state index contributed by atoms with van der Waals surface area (Å²) in [7, 11) is 0. The number of aliphatic hydroxyl groups is 1. The highest BCUT2D eigenvalue weighted by molar-refractivity contribution is 5.91. The van der Waals surface area contributed by atoms with Crippen molar-refractivity contribution < 1.29 is 19.4 Å². The number of terminal acetylenes is 1. The molecular weight excluding hydrogens is 330 g/mol. The average molecular weight is 355 g/mol. The molecule has 0 saturated heterocycles. The zero-order valence-electron chi connectivity index (χ0n) is 14.8. The average Bonchev–Trinajstić information content (AvgIpc) is 2.63. The summed E-state index contributed by atoms with van der Waals surface area (Å²) in [5, 5.41) is 11.8. The van der Waals surface area contributed by atoms with E-state index in [0.717, 1.165) is 17.5 Å². The van der Waals surface area contributed by atoms with Gasteiger partial charge in [0.05, 0.1) is 19.8 Å². The van der Waals surface area contributed by atoms with Crippen molar-refractivity contribution in [3.63, 3.8) is 0 Å². The van der Waals surface area contributed by atoms with Crippen LogP contribution in [0.15, 0.2) is 36.1 Å². The second-order valence-electron chi connectivity index (χ2n) is 6.84. The predicted octanol–water partition coefficient (Wildman–Crippen LogP) is 2.49. The van der Waals surface area contributed by atoms with Gasteiger partial charge in [-0.15, -0.1) is 6.42 Å². The fourth-order valence-electron chi connectivity index (χ4n) is 3.29. The summed E-state index contributed by atoms with van der Waals surface area (Å²) in [5.41, 5.74) is 1.86. The van der Waals surface area contributed by atoms with Gasteiger partial charge in [0.1, 0.15) is 0 Å². The smallest absolute Gasteiger partial charge is 0.286 e. The highest BCUT2D eigenvalue weighted by atomic mass is 16.7. The highest BCUT2D eigenvalue weighted by Gasteiger charge is 2.34. The molecule has 1 fully saturated rings. The largest absolute Gasteiger partial charge is 0.459 e. The van der Waals surface area contributed by atoms with Crippen molar-refractivity contribution >= 4 is 5.91 Å². The molecule has 1 amide bonds. The van der Waals surface area contributed by atoms with E-state index in [1.54, 1.807) is 0 Å². The predicted molar refractivity (Wildman–Crippen MR) is 97.4 cm³/mol. The first kappa shape index (κ1) is 18.5. The molecule has 1 aliphatic heterocycles. The molecule has 1 aromatic rings. The van der Waals surface area contributed by atoms with Crippen LogP contribution in [0.2, 0.25) is 0 Å². The van der Waals surface area contributed by atoms with E-state index < -0.39 is 6.29 Å². The molecule has 5 heteroatoms. The van der Waals surface area contributed by atoms with Crippen LogP contribution in [0.3, 0.4) is 0 Å². The summed E-state index contributed by atoms with van der Waals surface area (Å²) in [6.07, 6.45) is 11.1. The van der Waals surface area contributed by atoms with Crippen molar-refractivity contribution in [1.82, 2.24) is 5.32 Å². The summed E-state index contributed by atoms with van der Waals surface area (Å²) in [6, 6.07) is 7.59. The van der Waals surface area contributed by atoms with Gasteiger partial charge in [0.15, 0.2) is 5.76 Å². The summed E-state index contributed by atoms with van der Waals surface area (Å²) in [4.78, 5) is 12.2. The quantitative estimate of drug-likeness (QED) is 0.738. The molecule has 0 spiro atoms. The number of ether oxygens (including phenoxy) is 2. The lowest BCUT2D eigenvalue weighted by atomic mass is 9.73. The number of amides is 1. The number of carbonyl (C=O) groups excluding carboxylic acids is 1. The molecule has 26 heavy (non-hydrogen) atoms. The number of rotatable bonds is 7. The molecule has 2 atom stereocenters. The molecule has 5 nitrogen and oxygen atoms in total. The van der Waals surface area contributed by atoms with Gasteiger partial charge < -0.3 is 19.9 Å². The molecule has 1 heterocycles. The van der Waals surface area contributed by atoms with Gasteiger partial charge in [-0.05, 0) is 41.9 Å². The third-order valence-electron chi connectivity index (χ3n) is 5.06. The number of allylic oxidation sites excluding steroid dienone is 1. The number of nitrogens with one attached hydrogen (secondary N) is 1. The monoisotopic (exact) mass is 355 g/mol. The fraction of sp³-hybridized carbons (Fsp3) is 0.476. The lowest BCUT2D eigenvalue weighted by Crippen LogP contribution is -2.36. The fourth-order valence-corrected chi connectivity index (χ4v) is 3.29. The Morgan fingerprint density at radius 1 is 1.31 bits per heavy atom. The second kappa shape index (κ2) is 8.88. The van der Waals surface area contributed by atoms with Crippen LogP contribution in [0, 0.1) is 24.2 Å². The highest BCUT2D eigenvalue weighted by Crippen LogP contribution is 2.40. The third kappa shape index (κ3) is 4.66. The topological polar surface area (TPSA) is 67.8 Å². The summed E-state index contributed by atoms with van der Waals surface area (Å²) in [5.74, 6) is 3.32. The van der Waals surface area contributed by atoms with Gasteiger partial charge in [-0.1, -0.05) is 36.6 Å². The molecule has 138 valence electrons. The van der Waals surface area contributed by atoms with E-state index in [1.807, 2.05) is 30.3 Å². The zero-order chi connectivity index (χ0) is 18.4. The van der Waals surface area contributed by atoms with Crippen molar-refractivity contribution in [2.24, 2.45) is 11.8 Å². The van der Waals surface area contributed by atoms with E-state index in [2.05, 4.69) is 11.2 Å². The first-order valence-corrected chi connectivity index (χ1v) is 9.10. The SMILES string of the molecule is C#CCNC(=O)C1=C[C@H](C2CCC2)C[C@H](OCc2ccc(CO)cc2)O1. The molecule has 2 N–H and O–H groups in total. The Kier molecular flexibility index (Phi) is 6.32. The number of hydrogen-bond acceptors (Lipinski definition) is 4. The van der Waals surface area contributed by atoms with Crippen LogP contribution in [0.5, 0.6) is 0 Å². The number of aliphatic hydroxyl groups excluding tert-OH is 1. The van der Waals surface area contributed by atoms with Gasteiger partial charge in [-0.2, -0.15) is 0 Å². The van der Waals surface area contributed by atoms with E-state index in [-0.39, 0.29) is 19.1 Å². The Balaban J connectivity index is 1.62. The molecular formula is C21H25NO4. The molecule has 3 rings (SSSR count). The van der Waals surface area contributed by atoms with Crippen molar-refractivity contribution in [3.05, 3.63) is 47.2 Å². The molecule has 0 bridgehead atoms. The van der Waals surface area contributed by atoms with Crippen LogP contribution >= 0.6 is 0 Å². The molecule has 2 aliphatic rings. The van der Waals surface area contributed by atoms with E-state index in [9.17, 15) is 4.79 Å². The van der Waals surface area contributed by atoms with Gasteiger partial charge in [-0.3, -0.25) is 4.79 Å². The van der Waals surface area contributed by atoms with Crippen molar-refractivity contribution in [1.29, 1.82) is 0 Å². The third-order valence-corrected chi connectivity index (χ3v) is 5.06. The van der Waals surface area contributed by atoms with Crippen LogP contribution in [-0.4, -0.2) is 23.8 Å². The van der Waals surface area contributed by atoms with E-state index in [4.69, 9.17) is 21.0 Å². The zero-order valence-corrected chi connectivity index (χ0v) is 14.8. The van der Waals surface area contributed by atoms with E-state index >= 15 is 0 Å². The van der Waals surface area contributed by atoms with Gasteiger partial charge in [-0.25, -0.2) is 0 Å². The maximum Gasteiger partial charge on any atom is 0.286 e. The van der Waals surface area contributed by atoms with Gasteiger partial charge >= 0.3 is 0 Å². The number of hydrogen-bond donors (Lipinski definition) is 2. The van der Waals surface area contributed by atoms with Crippen LogP contribution in [0.4, 0.5) is 0 Å². The van der Waals surface area contributed by atoms with Crippen molar-refractivity contribution in [2.45, 2.75) is 45.2 Å². The Bertz CT molecular complexity index is 685. The Hall–Kier alpha value is -2.29. The molecule has 0 aromatic heterocycles. The first-order chi connectivity index (χ1) is 12.7. The maximum absolute atomic E-state index is 12.2. The molecule has 1 aliphatic carbocycles. The van der Waals surface area contributed by atoms with Crippen molar-refractivity contribution in [3.8, 4) is 12.3 Å². The molecule has 0 radical (unpaired) electrons. The Morgan fingerprint density at radius 2 is 2.04 bits per heavy atom. The standard InChI is InChI=1S/C21H25NO4/c1-2-10-22-21(24)19-11-18(17-4-3-5-17)12-20(26-19)25-14-16-8-6-15(13-23)7-9-16/h1,6-9,11,17-18,20,23H,3-5,10,12-14H2,(H,22,24)/t18-,20+/m0/s1. The summed E-state index contributed by atoms with van der Waals surface area (Å²) < 4.78 is 11.7. The lowest BCUT2D eigenvalue weighted by Gasteiger charge is -2.37. The van der Waals surface area contributed by atoms with Crippen LogP contribution in [0.25, 0.3) is 0 Å². The van der Waals surface area contributed by atoms with Gasteiger partial charge in [0, 0.05) is 6.42 Å². The minimum Gasteiger partial charge on any atom is -0.459 e. The Labute approximate surface area is 154 Å². The summed E-state index contributed by atoms with van der Waals surface area (Å²) in [6.45, 7) is 0.597. The number of benzene rings is 1. The van der Waals surface area contributed by atoms with Crippen LogP contribution in [0.1, 0.15) is 36.8 Å². The first-order valence-electron chi connectivity index (χ1n) is 9.10. The van der Waals surface area contributed by atoms with Crippen molar-refractivity contribution in [2.75, 3.05) is 6.54 Å². The summed E-state index contributed by atoms with van der Waals surface area (Å²) >= 11 is 0. The molecule has 1 aromatic carbocycles. The maximum atomic E-state index is 12.2. The van der Waals surface area contributed by atoms with Gasteiger partial charge in [0.25, 0.3) is 5.91 Å². The van der Waals surface area contributed by atoms with E-state index in [1.165, 1.54) is 19.3 Å². The second-order valence-corrected chi connectivity index (χ2v) is 6.84. The van der Waals surface area contributed by atoms with E-state index in [0.29, 0.717) is 24.2 Å².